The van der Waals surface area contributed by atoms with Crippen LogP contribution in [0.15, 0.2) is 0 Å². The second kappa shape index (κ2) is 7.85. The lowest BCUT2D eigenvalue weighted by Gasteiger charge is -2.31. The van der Waals surface area contributed by atoms with Gasteiger partial charge in [0.2, 0.25) is 0 Å². The number of aliphatic hydroxyl groups is 1. The zero-order valence-electron chi connectivity index (χ0n) is 16.0. The molecule has 4 heterocycles. The van der Waals surface area contributed by atoms with E-state index in [9.17, 15) is 9.50 Å². The fourth-order valence-electron chi connectivity index (χ4n) is 4.67. The highest BCUT2D eigenvalue weighted by molar-refractivity contribution is 5.49. The number of nitrogens with zero attached hydrogens (tertiary/aromatic N) is 4. The topological polar surface area (TPSA) is 71.0 Å². The lowest BCUT2D eigenvalue weighted by Crippen LogP contribution is -2.43. The van der Waals surface area contributed by atoms with Crippen molar-refractivity contribution < 1.29 is 19.0 Å². The molecule has 3 fully saturated rings. The Hall–Kier alpha value is -1.51. The van der Waals surface area contributed by atoms with Gasteiger partial charge in [-0.1, -0.05) is 0 Å². The zero-order valence-corrected chi connectivity index (χ0v) is 16.0. The van der Waals surface area contributed by atoms with Crippen LogP contribution in [-0.4, -0.2) is 77.7 Å². The Morgan fingerprint density at radius 1 is 1.26 bits per heavy atom. The smallest absolute Gasteiger partial charge is 0.318 e. The molecule has 0 bridgehead atoms. The summed E-state index contributed by atoms with van der Waals surface area (Å²) in [4.78, 5) is 13.4. The molecule has 0 radical (unpaired) electrons. The van der Waals surface area contributed by atoms with E-state index in [1.165, 1.54) is 0 Å². The van der Waals surface area contributed by atoms with E-state index in [1.54, 1.807) is 0 Å². The summed E-state index contributed by atoms with van der Waals surface area (Å²) in [5.74, 6) is 0.723. The molecule has 0 amide bonds. The average molecular weight is 380 g/mol. The number of rotatable bonds is 5. The van der Waals surface area contributed by atoms with Gasteiger partial charge in [0.05, 0.1) is 24.4 Å². The van der Waals surface area contributed by atoms with Gasteiger partial charge in [0.15, 0.2) is 0 Å². The molecule has 0 spiro atoms. The van der Waals surface area contributed by atoms with Gasteiger partial charge in [0.25, 0.3) is 0 Å². The monoisotopic (exact) mass is 380 g/mol. The molecule has 1 aromatic rings. The first-order valence-corrected chi connectivity index (χ1v) is 9.94. The van der Waals surface area contributed by atoms with Crippen LogP contribution >= 0.6 is 0 Å². The van der Waals surface area contributed by atoms with Gasteiger partial charge < -0.3 is 19.5 Å². The van der Waals surface area contributed by atoms with Gasteiger partial charge in [-0.05, 0) is 32.7 Å². The zero-order chi connectivity index (χ0) is 18.9. The second-order valence-corrected chi connectivity index (χ2v) is 7.87. The third kappa shape index (κ3) is 3.75. The fourth-order valence-corrected chi connectivity index (χ4v) is 4.67. The average Bonchev–Trinajstić information content (AvgIpc) is 3.02. The molecule has 1 aromatic heterocycles. The van der Waals surface area contributed by atoms with Crippen LogP contribution in [0.5, 0.6) is 6.01 Å². The Morgan fingerprint density at radius 3 is 3.00 bits per heavy atom. The van der Waals surface area contributed by atoms with Crippen LogP contribution in [0.3, 0.4) is 0 Å². The summed E-state index contributed by atoms with van der Waals surface area (Å²) in [6.07, 6.45) is 2.70. The molecule has 4 rings (SSSR count). The van der Waals surface area contributed by atoms with E-state index in [2.05, 4.69) is 19.8 Å². The molecule has 3 saturated heterocycles. The number of halogens is 1. The maximum atomic E-state index is 13.9. The van der Waals surface area contributed by atoms with Crippen molar-refractivity contribution in [3.63, 3.8) is 0 Å². The van der Waals surface area contributed by atoms with E-state index < -0.39 is 6.17 Å². The molecular formula is C19H29FN4O3. The number of alkyl halides is 1. The molecule has 8 heteroatoms. The van der Waals surface area contributed by atoms with Crippen molar-refractivity contribution in [3.05, 3.63) is 11.3 Å². The first-order chi connectivity index (χ1) is 13.1. The molecule has 7 nitrogen and oxygen atoms in total. The van der Waals surface area contributed by atoms with Crippen molar-refractivity contribution in [1.29, 1.82) is 0 Å². The highest BCUT2D eigenvalue weighted by Crippen LogP contribution is 2.40. The molecule has 1 N–H and O–H groups in total. The van der Waals surface area contributed by atoms with Gasteiger partial charge in [-0.25, -0.2) is 9.37 Å². The minimum atomic E-state index is -0.777. The summed E-state index contributed by atoms with van der Waals surface area (Å²) < 4.78 is 25.5. The van der Waals surface area contributed by atoms with Crippen molar-refractivity contribution >= 4 is 5.82 Å². The third-order valence-corrected chi connectivity index (χ3v) is 6.08. The molecular weight excluding hydrogens is 351 g/mol. The molecule has 0 aliphatic carbocycles. The normalized spacial score (nSPS) is 29.0. The number of aryl methyl sites for hydroxylation is 1. The van der Waals surface area contributed by atoms with Crippen molar-refractivity contribution in [3.8, 4) is 6.01 Å². The molecule has 27 heavy (non-hydrogen) atoms. The van der Waals surface area contributed by atoms with E-state index in [4.69, 9.17) is 9.47 Å². The van der Waals surface area contributed by atoms with Crippen LogP contribution in [0.1, 0.15) is 36.9 Å². The molecule has 3 aliphatic rings. The van der Waals surface area contributed by atoms with Gasteiger partial charge in [0, 0.05) is 38.2 Å². The van der Waals surface area contributed by atoms with Gasteiger partial charge in [-0.2, -0.15) is 4.98 Å². The predicted molar refractivity (Wildman–Crippen MR) is 98.9 cm³/mol. The number of fused-ring (bicyclic) bond motifs is 1. The van der Waals surface area contributed by atoms with E-state index in [-0.39, 0.29) is 12.1 Å². The Kier molecular flexibility index (Phi) is 5.48. The third-order valence-electron chi connectivity index (χ3n) is 6.08. The Labute approximate surface area is 159 Å². The van der Waals surface area contributed by atoms with Gasteiger partial charge in [-0.15, -0.1) is 0 Å². The summed E-state index contributed by atoms with van der Waals surface area (Å²) in [5, 5.41) is 9.82. The molecule has 3 aliphatic heterocycles. The molecule has 0 aromatic carbocycles. The molecule has 150 valence electrons. The quantitative estimate of drug-likeness (QED) is 0.829. The van der Waals surface area contributed by atoms with Crippen LogP contribution in [0.4, 0.5) is 10.2 Å². The van der Waals surface area contributed by atoms with Crippen molar-refractivity contribution in [1.82, 2.24) is 14.9 Å². The minimum absolute atomic E-state index is 0.111. The van der Waals surface area contributed by atoms with E-state index in [1.807, 2.05) is 6.92 Å². The van der Waals surface area contributed by atoms with Crippen LogP contribution < -0.4 is 9.64 Å². The molecule has 0 saturated carbocycles. The largest absolute Gasteiger partial charge is 0.461 e. The summed E-state index contributed by atoms with van der Waals surface area (Å²) in [6, 6.07) is 0.313. The molecule has 0 unspecified atom stereocenters. The summed E-state index contributed by atoms with van der Waals surface area (Å²) in [5.41, 5.74) is 1.23. The lowest BCUT2D eigenvalue weighted by atomic mass is 9.95. The number of anilines is 1. The Bertz CT molecular complexity index is 669. The van der Waals surface area contributed by atoms with Gasteiger partial charge >= 0.3 is 6.01 Å². The van der Waals surface area contributed by atoms with Crippen LogP contribution in [0.2, 0.25) is 0 Å². The number of hydrogen-bond acceptors (Lipinski definition) is 7. The highest BCUT2D eigenvalue weighted by atomic mass is 19.1. The maximum absolute atomic E-state index is 13.9. The first kappa shape index (κ1) is 18.8. The van der Waals surface area contributed by atoms with Gasteiger partial charge in [0.1, 0.15) is 18.6 Å². The van der Waals surface area contributed by atoms with E-state index in [0.29, 0.717) is 32.2 Å². The SMILES string of the molecule is Cc1nc(OC[C@@]23CCCN2C[C@H](F)C3)nc(N2CCCOCC2)c1CO. The summed E-state index contributed by atoms with van der Waals surface area (Å²) in [6.45, 7) is 6.53. The second-order valence-electron chi connectivity index (χ2n) is 7.87. The number of ether oxygens (including phenoxy) is 2. The molecule has 2 atom stereocenters. The number of hydrogen-bond donors (Lipinski definition) is 1. The first-order valence-electron chi connectivity index (χ1n) is 9.94. The predicted octanol–water partition coefficient (Wildman–Crippen LogP) is 1.46. The number of aliphatic hydroxyl groups excluding tert-OH is 1. The van der Waals surface area contributed by atoms with Crippen LogP contribution in [0, 0.1) is 6.92 Å². The highest BCUT2D eigenvalue weighted by Gasteiger charge is 2.49. The number of aromatic nitrogens is 2. The van der Waals surface area contributed by atoms with Crippen LogP contribution in [0.25, 0.3) is 0 Å². The standard InChI is InChI=1S/C19H29FN4O3/c1-14-16(12-25)17(23-5-3-8-26-9-7-23)22-18(21-14)27-13-19-4-2-6-24(19)11-15(20)10-19/h15,25H,2-13H2,1H3/t15-,19+/m1/s1. The van der Waals surface area contributed by atoms with Crippen molar-refractivity contribution in [2.24, 2.45) is 0 Å². The summed E-state index contributed by atoms with van der Waals surface area (Å²) >= 11 is 0. The van der Waals surface area contributed by atoms with E-state index >= 15 is 0 Å². The van der Waals surface area contributed by atoms with Gasteiger partial charge in [-0.3, -0.25) is 4.90 Å². The minimum Gasteiger partial charge on any atom is -0.461 e. The summed E-state index contributed by atoms with van der Waals surface area (Å²) in [7, 11) is 0. The van der Waals surface area contributed by atoms with Crippen LogP contribution in [-0.2, 0) is 11.3 Å². The Morgan fingerprint density at radius 2 is 2.15 bits per heavy atom. The Balaban J connectivity index is 1.54. The van der Waals surface area contributed by atoms with Crippen molar-refractivity contribution in [2.45, 2.75) is 50.9 Å². The van der Waals surface area contributed by atoms with E-state index in [0.717, 1.165) is 62.6 Å². The maximum Gasteiger partial charge on any atom is 0.318 e. The lowest BCUT2D eigenvalue weighted by molar-refractivity contribution is 0.107. The fraction of sp³-hybridized carbons (Fsp3) is 0.789. The van der Waals surface area contributed by atoms with Crippen molar-refractivity contribution in [2.75, 3.05) is 50.9 Å².